The highest BCUT2D eigenvalue weighted by Crippen LogP contribution is 2.15. The van der Waals surface area contributed by atoms with Crippen LogP contribution in [-0.2, 0) is 0 Å². The molecule has 1 aromatic rings. The second kappa shape index (κ2) is 8.00. The monoisotopic (exact) mass is 283 g/mol. The van der Waals surface area contributed by atoms with Crippen molar-refractivity contribution in [1.82, 2.24) is 10.3 Å². The molecule has 0 bridgehead atoms. The predicted molar refractivity (Wildman–Crippen MR) is 79.8 cm³/mol. The van der Waals surface area contributed by atoms with Crippen molar-refractivity contribution in [1.29, 1.82) is 0 Å². The van der Waals surface area contributed by atoms with Crippen LogP contribution in [-0.4, -0.2) is 24.0 Å². The van der Waals surface area contributed by atoms with Gasteiger partial charge in [0.15, 0.2) is 0 Å². The molecule has 0 aromatic carbocycles. The van der Waals surface area contributed by atoms with E-state index in [1.54, 1.807) is 12.1 Å². The standard InChI is InChI=1S/C14H22ClN3O/c1-4-10(5-2)9-17-14(19)11-7-12(15)18-13(8-11)16-6-3/h7-8,10H,4-6,9H2,1-3H3,(H,16,18)(H,17,19). The minimum Gasteiger partial charge on any atom is -0.370 e. The summed E-state index contributed by atoms with van der Waals surface area (Å²) >= 11 is 5.92. The molecule has 106 valence electrons. The molecule has 1 amide bonds. The Balaban J connectivity index is 2.70. The van der Waals surface area contributed by atoms with Crippen LogP contribution in [0.2, 0.25) is 5.15 Å². The Hall–Kier alpha value is -1.29. The Bertz CT molecular complexity index is 419. The minimum atomic E-state index is -0.102. The van der Waals surface area contributed by atoms with Crippen molar-refractivity contribution >= 4 is 23.3 Å². The number of amides is 1. The number of hydrogen-bond acceptors (Lipinski definition) is 3. The maximum atomic E-state index is 12.1. The molecular formula is C14H22ClN3O. The first-order valence-electron chi connectivity index (χ1n) is 6.80. The van der Waals surface area contributed by atoms with E-state index >= 15 is 0 Å². The Morgan fingerprint density at radius 3 is 2.58 bits per heavy atom. The smallest absolute Gasteiger partial charge is 0.251 e. The first kappa shape index (κ1) is 15.8. The van der Waals surface area contributed by atoms with Crippen molar-refractivity contribution < 1.29 is 4.79 Å². The third-order valence-corrected chi connectivity index (χ3v) is 3.31. The maximum absolute atomic E-state index is 12.1. The lowest BCUT2D eigenvalue weighted by Crippen LogP contribution is -2.29. The normalized spacial score (nSPS) is 10.6. The van der Waals surface area contributed by atoms with Gasteiger partial charge in [0.05, 0.1) is 0 Å². The second-order valence-electron chi connectivity index (χ2n) is 4.49. The van der Waals surface area contributed by atoms with Gasteiger partial charge in [0.1, 0.15) is 11.0 Å². The van der Waals surface area contributed by atoms with Gasteiger partial charge in [-0.3, -0.25) is 4.79 Å². The van der Waals surface area contributed by atoms with E-state index in [-0.39, 0.29) is 5.91 Å². The van der Waals surface area contributed by atoms with Gasteiger partial charge in [-0.25, -0.2) is 4.98 Å². The van der Waals surface area contributed by atoms with Crippen LogP contribution in [0.4, 0.5) is 5.82 Å². The van der Waals surface area contributed by atoms with Crippen molar-refractivity contribution in [2.24, 2.45) is 5.92 Å². The first-order chi connectivity index (χ1) is 9.10. The summed E-state index contributed by atoms with van der Waals surface area (Å²) in [6, 6.07) is 3.31. The number of nitrogens with one attached hydrogen (secondary N) is 2. The number of aromatic nitrogens is 1. The van der Waals surface area contributed by atoms with Crippen molar-refractivity contribution in [3.8, 4) is 0 Å². The lowest BCUT2D eigenvalue weighted by molar-refractivity contribution is 0.0946. The van der Waals surface area contributed by atoms with E-state index in [9.17, 15) is 4.79 Å². The summed E-state index contributed by atoms with van der Waals surface area (Å²) in [5.41, 5.74) is 0.543. The highest BCUT2D eigenvalue weighted by molar-refractivity contribution is 6.29. The van der Waals surface area contributed by atoms with Gasteiger partial charge >= 0.3 is 0 Å². The summed E-state index contributed by atoms with van der Waals surface area (Å²) in [5, 5.41) is 6.32. The fraction of sp³-hybridized carbons (Fsp3) is 0.571. The molecule has 1 rings (SSSR count). The average molecular weight is 284 g/mol. The Labute approximate surface area is 120 Å². The van der Waals surface area contributed by atoms with Crippen molar-refractivity contribution in [3.05, 3.63) is 22.8 Å². The Morgan fingerprint density at radius 2 is 2.00 bits per heavy atom. The third kappa shape index (κ3) is 5.07. The minimum absolute atomic E-state index is 0.102. The number of halogens is 1. The van der Waals surface area contributed by atoms with E-state index in [1.165, 1.54) is 0 Å². The van der Waals surface area contributed by atoms with E-state index in [1.807, 2.05) is 6.92 Å². The van der Waals surface area contributed by atoms with Gasteiger partial charge in [-0.15, -0.1) is 0 Å². The van der Waals surface area contributed by atoms with Gasteiger partial charge in [0.2, 0.25) is 0 Å². The quantitative estimate of drug-likeness (QED) is 0.755. The zero-order valence-electron chi connectivity index (χ0n) is 11.8. The topological polar surface area (TPSA) is 54.0 Å². The van der Waals surface area contributed by atoms with E-state index < -0.39 is 0 Å². The summed E-state index contributed by atoms with van der Waals surface area (Å²) in [7, 11) is 0. The Morgan fingerprint density at radius 1 is 1.32 bits per heavy atom. The van der Waals surface area contributed by atoms with E-state index in [0.717, 1.165) is 19.4 Å². The molecule has 0 spiro atoms. The molecule has 0 fully saturated rings. The molecule has 4 nitrogen and oxygen atoms in total. The number of pyridine rings is 1. The summed E-state index contributed by atoms with van der Waals surface area (Å²) in [6.45, 7) is 7.67. The lowest BCUT2D eigenvalue weighted by atomic mass is 10.0. The molecule has 0 aliphatic rings. The van der Waals surface area contributed by atoms with Crippen molar-refractivity contribution in [2.45, 2.75) is 33.6 Å². The highest BCUT2D eigenvalue weighted by Gasteiger charge is 2.11. The van der Waals surface area contributed by atoms with E-state index in [0.29, 0.717) is 29.0 Å². The summed E-state index contributed by atoms with van der Waals surface area (Å²) < 4.78 is 0. The second-order valence-corrected chi connectivity index (χ2v) is 4.87. The zero-order valence-corrected chi connectivity index (χ0v) is 12.5. The predicted octanol–water partition coefficient (Wildman–Crippen LogP) is 3.33. The van der Waals surface area contributed by atoms with Crippen molar-refractivity contribution in [3.63, 3.8) is 0 Å². The zero-order chi connectivity index (χ0) is 14.3. The molecule has 0 unspecified atom stereocenters. The van der Waals surface area contributed by atoms with Crippen LogP contribution in [0.25, 0.3) is 0 Å². The van der Waals surface area contributed by atoms with Crippen LogP contribution in [0.3, 0.4) is 0 Å². The van der Waals surface area contributed by atoms with Gasteiger partial charge in [-0.05, 0) is 25.0 Å². The van der Waals surface area contributed by atoms with Gasteiger partial charge in [-0.2, -0.15) is 0 Å². The number of nitrogens with zero attached hydrogens (tertiary/aromatic N) is 1. The van der Waals surface area contributed by atoms with Gasteiger partial charge in [0.25, 0.3) is 5.91 Å². The molecular weight excluding hydrogens is 262 g/mol. The maximum Gasteiger partial charge on any atom is 0.251 e. The van der Waals surface area contributed by atoms with Crippen LogP contribution in [0, 0.1) is 5.92 Å². The molecule has 19 heavy (non-hydrogen) atoms. The molecule has 1 heterocycles. The molecule has 0 saturated carbocycles. The van der Waals surface area contributed by atoms with Crippen LogP contribution >= 0.6 is 11.6 Å². The highest BCUT2D eigenvalue weighted by atomic mass is 35.5. The largest absolute Gasteiger partial charge is 0.370 e. The molecule has 0 saturated heterocycles. The van der Waals surface area contributed by atoms with Crippen LogP contribution in [0.5, 0.6) is 0 Å². The van der Waals surface area contributed by atoms with Gasteiger partial charge in [-0.1, -0.05) is 38.3 Å². The number of anilines is 1. The Kier molecular flexibility index (Phi) is 6.64. The molecule has 0 aliphatic heterocycles. The summed E-state index contributed by atoms with van der Waals surface area (Å²) in [6.07, 6.45) is 2.13. The van der Waals surface area contributed by atoms with Crippen molar-refractivity contribution in [2.75, 3.05) is 18.4 Å². The van der Waals surface area contributed by atoms with Crippen LogP contribution in [0.15, 0.2) is 12.1 Å². The van der Waals surface area contributed by atoms with E-state index in [4.69, 9.17) is 11.6 Å². The van der Waals surface area contributed by atoms with Crippen LogP contribution in [0.1, 0.15) is 44.0 Å². The van der Waals surface area contributed by atoms with Crippen LogP contribution < -0.4 is 10.6 Å². The van der Waals surface area contributed by atoms with Gasteiger partial charge in [0, 0.05) is 18.7 Å². The third-order valence-electron chi connectivity index (χ3n) is 3.12. The number of carbonyl (C=O) groups is 1. The summed E-state index contributed by atoms with van der Waals surface area (Å²) in [4.78, 5) is 16.2. The molecule has 0 atom stereocenters. The molecule has 1 aromatic heterocycles. The summed E-state index contributed by atoms with van der Waals surface area (Å²) in [5.74, 6) is 1.05. The lowest BCUT2D eigenvalue weighted by Gasteiger charge is -2.13. The molecule has 5 heteroatoms. The first-order valence-corrected chi connectivity index (χ1v) is 7.18. The average Bonchev–Trinajstić information content (AvgIpc) is 2.39. The number of carbonyl (C=O) groups excluding carboxylic acids is 1. The number of hydrogen-bond donors (Lipinski definition) is 2. The molecule has 0 aliphatic carbocycles. The molecule has 2 N–H and O–H groups in total. The number of rotatable bonds is 7. The SMILES string of the molecule is CCNc1cc(C(=O)NCC(CC)CC)cc(Cl)n1. The fourth-order valence-corrected chi connectivity index (χ4v) is 2.02. The van der Waals surface area contributed by atoms with E-state index in [2.05, 4.69) is 29.5 Å². The van der Waals surface area contributed by atoms with Gasteiger partial charge < -0.3 is 10.6 Å². The fourth-order valence-electron chi connectivity index (χ4n) is 1.82. The molecule has 0 radical (unpaired) electrons.